The molecular weight excluding hydrogens is 755 g/mol. The van der Waals surface area contributed by atoms with Crippen molar-refractivity contribution in [2.24, 2.45) is 0 Å². The molecule has 1 amide bonds. The number of amides is 1. The van der Waals surface area contributed by atoms with Crippen LogP contribution in [0.5, 0.6) is 0 Å². The summed E-state index contributed by atoms with van der Waals surface area (Å²) in [5.41, 5.74) is 0. The van der Waals surface area contributed by atoms with Gasteiger partial charge >= 0.3 is 0 Å². The third-order valence-corrected chi connectivity index (χ3v) is 10.7. The van der Waals surface area contributed by atoms with E-state index in [9.17, 15) is 30.3 Å². The lowest BCUT2D eigenvalue weighted by molar-refractivity contribution is -0.302. The number of allylic oxidation sites excluding steroid dienone is 13. The van der Waals surface area contributed by atoms with E-state index in [1.54, 1.807) is 6.08 Å². The SMILES string of the molecule is CC/C=C\C/C=C\C/C=C\C/C=C\CCCCCCCCCCCCCCC(=O)NC(COC1OC(CO)C(O)C(O)C1O)C(O)/C=C/CC/C=C/CC/C=C/CCCC. The van der Waals surface area contributed by atoms with Crippen LogP contribution in [0.4, 0.5) is 0 Å². The number of ether oxygens (including phenoxy) is 2. The zero-order chi connectivity index (χ0) is 43.7. The Hall–Kier alpha value is -2.63. The van der Waals surface area contributed by atoms with E-state index in [1.165, 1.54) is 77.0 Å². The van der Waals surface area contributed by atoms with Crippen molar-refractivity contribution in [1.29, 1.82) is 0 Å². The minimum absolute atomic E-state index is 0.199. The van der Waals surface area contributed by atoms with Crippen molar-refractivity contribution in [3.63, 3.8) is 0 Å². The van der Waals surface area contributed by atoms with Crippen molar-refractivity contribution in [2.75, 3.05) is 13.2 Å². The monoisotopic (exact) mass is 842 g/mol. The first kappa shape index (κ1) is 55.4. The lowest BCUT2D eigenvalue weighted by atomic mass is 9.99. The van der Waals surface area contributed by atoms with E-state index >= 15 is 0 Å². The standard InChI is InChI=1S/C51H87NO8/c1-3-5-7-9-11-13-15-17-18-19-20-21-22-23-24-25-26-27-28-29-31-33-35-37-39-41-47(55)52-44(43-59-51-50(58)49(57)48(56)46(42-53)60-51)45(54)40-38-36-34-32-30-16-14-12-10-8-6-4-2/h5,7,10-13,17-18,20-21,30,32,38,40,44-46,48-51,53-54,56-58H,3-4,6,8-9,14-16,19,22-29,31,33-37,39,41-43H2,1-2H3,(H,52,55)/b7-5-,12-10+,13-11-,18-17-,21-20-,32-30+,40-38+. The first-order valence-corrected chi connectivity index (χ1v) is 23.8. The van der Waals surface area contributed by atoms with Gasteiger partial charge in [-0.2, -0.15) is 0 Å². The van der Waals surface area contributed by atoms with Crippen LogP contribution in [0.15, 0.2) is 85.1 Å². The molecule has 0 saturated carbocycles. The van der Waals surface area contributed by atoms with Crippen molar-refractivity contribution in [3.05, 3.63) is 85.1 Å². The summed E-state index contributed by atoms with van der Waals surface area (Å²) in [4.78, 5) is 13.0. The Morgan fingerprint density at radius 2 is 1.05 bits per heavy atom. The molecule has 0 aromatic rings. The van der Waals surface area contributed by atoms with E-state index < -0.39 is 49.5 Å². The van der Waals surface area contributed by atoms with Gasteiger partial charge in [-0.05, 0) is 77.0 Å². The molecule has 1 rings (SSSR count). The highest BCUT2D eigenvalue weighted by molar-refractivity contribution is 5.76. The van der Waals surface area contributed by atoms with E-state index in [2.05, 4.69) is 92.1 Å². The van der Waals surface area contributed by atoms with Gasteiger partial charge in [0.1, 0.15) is 24.4 Å². The van der Waals surface area contributed by atoms with Crippen LogP contribution in [0.2, 0.25) is 0 Å². The number of aliphatic hydroxyl groups is 5. The largest absolute Gasteiger partial charge is 0.394 e. The number of unbranched alkanes of at least 4 members (excludes halogenated alkanes) is 16. The van der Waals surface area contributed by atoms with Crippen molar-refractivity contribution in [2.45, 2.75) is 217 Å². The van der Waals surface area contributed by atoms with E-state index in [4.69, 9.17) is 9.47 Å². The maximum absolute atomic E-state index is 13.0. The molecule has 0 radical (unpaired) electrons. The molecule has 0 bridgehead atoms. The van der Waals surface area contributed by atoms with Crippen LogP contribution in [-0.2, 0) is 14.3 Å². The molecule has 7 atom stereocenters. The van der Waals surface area contributed by atoms with Gasteiger partial charge in [-0.1, -0.05) is 176 Å². The molecule has 7 unspecified atom stereocenters. The predicted molar refractivity (Wildman–Crippen MR) is 248 cm³/mol. The van der Waals surface area contributed by atoms with Gasteiger partial charge < -0.3 is 40.3 Å². The molecule has 1 saturated heterocycles. The number of carbonyl (C=O) groups is 1. The molecule has 0 spiro atoms. The highest BCUT2D eigenvalue weighted by Crippen LogP contribution is 2.22. The Morgan fingerprint density at radius 3 is 1.60 bits per heavy atom. The highest BCUT2D eigenvalue weighted by atomic mass is 16.7. The number of nitrogens with one attached hydrogen (secondary N) is 1. The molecule has 1 aliphatic rings. The molecule has 344 valence electrons. The van der Waals surface area contributed by atoms with Gasteiger partial charge in [0.15, 0.2) is 6.29 Å². The minimum atomic E-state index is -1.58. The van der Waals surface area contributed by atoms with Gasteiger partial charge in [0.25, 0.3) is 0 Å². The Bertz CT molecular complexity index is 1210. The van der Waals surface area contributed by atoms with Crippen LogP contribution in [0.1, 0.15) is 174 Å². The second-order valence-corrected chi connectivity index (χ2v) is 16.1. The van der Waals surface area contributed by atoms with E-state index in [0.29, 0.717) is 6.42 Å². The second kappa shape index (κ2) is 40.4. The predicted octanol–water partition coefficient (Wildman–Crippen LogP) is 10.3. The Labute approximate surface area is 365 Å². The van der Waals surface area contributed by atoms with Gasteiger partial charge in [-0.25, -0.2) is 0 Å². The highest BCUT2D eigenvalue weighted by Gasteiger charge is 2.44. The fourth-order valence-corrected chi connectivity index (χ4v) is 6.87. The first-order chi connectivity index (χ1) is 29.3. The normalized spacial score (nSPS) is 21.4. The number of hydrogen-bond acceptors (Lipinski definition) is 8. The molecule has 0 aliphatic carbocycles. The maximum Gasteiger partial charge on any atom is 0.220 e. The quantitative estimate of drug-likeness (QED) is 0.0266. The summed E-state index contributed by atoms with van der Waals surface area (Å²) in [7, 11) is 0. The summed E-state index contributed by atoms with van der Waals surface area (Å²) < 4.78 is 11.2. The first-order valence-electron chi connectivity index (χ1n) is 23.8. The summed E-state index contributed by atoms with van der Waals surface area (Å²) >= 11 is 0. The lowest BCUT2D eigenvalue weighted by Crippen LogP contribution is -2.60. The summed E-state index contributed by atoms with van der Waals surface area (Å²) in [6, 6.07) is -0.832. The molecule has 60 heavy (non-hydrogen) atoms. The molecule has 9 heteroatoms. The number of rotatable bonds is 38. The third kappa shape index (κ3) is 30.4. The van der Waals surface area contributed by atoms with Crippen molar-refractivity contribution in [1.82, 2.24) is 5.32 Å². The maximum atomic E-state index is 13.0. The van der Waals surface area contributed by atoms with Gasteiger partial charge in [0.2, 0.25) is 5.91 Å². The van der Waals surface area contributed by atoms with Crippen LogP contribution in [0, 0.1) is 0 Å². The number of carbonyl (C=O) groups excluding carboxylic acids is 1. The zero-order valence-corrected chi connectivity index (χ0v) is 37.7. The zero-order valence-electron chi connectivity index (χ0n) is 37.7. The Morgan fingerprint density at radius 1 is 0.583 bits per heavy atom. The molecule has 1 aliphatic heterocycles. The number of aliphatic hydroxyl groups excluding tert-OH is 5. The molecule has 1 fully saturated rings. The van der Waals surface area contributed by atoms with Crippen LogP contribution in [0.3, 0.4) is 0 Å². The topological polar surface area (TPSA) is 149 Å². The molecular formula is C51H87NO8. The summed E-state index contributed by atoms with van der Waals surface area (Å²) in [6.07, 6.45) is 49.2. The van der Waals surface area contributed by atoms with Gasteiger partial charge in [-0.3, -0.25) is 4.79 Å². The lowest BCUT2D eigenvalue weighted by Gasteiger charge is -2.40. The van der Waals surface area contributed by atoms with Gasteiger partial charge in [-0.15, -0.1) is 0 Å². The molecule has 6 N–H and O–H groups in total. The molecule has 1 heterocycles. The fourth-order valence-electron chi connectivity index (χ4n) is 6.87. The van der Waals surface area contributed by atoms with Crippen LogP contribution >= 0.6 is 0 Å². The van der Waals surface area contributed by atoms with Crippen molar-refractivity contribution >= 4 is 5.91 Å². The van der Waals surface area contributed by atoms with Crippen LogP contribution in [0.25, 0.3) is 0 Å². The van der Waals surface area contributed by atoms with Gasteiger partial charge in [0, 0.05) is 6.42 Å². The average molecular weight is 842 g/mol. The smallest absolute Gasteiger partial charge is 0.220 e. The molecule has 9 nitrogen and oxygen atoms in total. The molecule has 0 aromatic carbocycles. The third-order valence-electron chi connectivity index (χ3n) is 10.7. The summed E-state index contributed by atoms with van der Waals surface area (Å²) in [6.45, 7) is 3.57. The fraction of sp³-hybridized carbons (Fsp3) is 0.706. The Kier molecular flexibility index (Phi) is 37.3. The van der Waals surface area contributed by atoms with E-state index in [1.807, 2.05) is 6.08 Å². The second-order valence-electron chi connectivity index (χ2n) is 16.1. The molecule has 0 aromatic heterocycles. The minimum Gasteiger partial charge on any atom is -0.394 e. The Balaban J connectivity index is 2.28. The summed E-state index contributed by atoms with van der Waals surface area (Å²) in [5.74, 6) is -0.199. The van der Waals surface area contributed by atoms with Crippen molar-refractivity contribution < 1.29 is 39.8 Å². The van der Waals surface area contributed by atoms with Crippen LogP contribution in [-0.4, -0.2) is 87.5 Å². The van der Waals surface area contributed by atoms with Crippen molar-refractivity contribution in [3.8, 4) is 0 Å². The average Bonchev–Trinajstić information content (AvgIpc) is 3.25. The van der Waals surface area contributed by atoms with E-state index in [0.717, 1.165) is 77.0 Å². The van der Waals surface area contributed by atoms with E-state index in [-0.39, 0.29) is 12.5 Å². The van der Waals surface area contributed by atoms with Gasteiger partial charge in [0.05, 0.1) is 25.4 Å². The van der Waals surface area contributed by atoms with Crippen LogP contribution < -0.4 is 5.32 Å². The number of hydrogen-bond donors (Lipinski definition) is 6. The summed E-state index contributed by atoms with van der Waals surface area (Å²) in [5, 5.41) is 54.1.